The van der Waals surface area contributed by atoms with Crippen molar-refractivity contribution in [1.29, 1.82) is 0 Å². The van der Waals surface area contributed by atoms with Crippen LogP contribution in [-0.2, 0) is 0 Å². The second-order valence-electron chi connectivity index (χ2n) is 4.07. The third-order valence-corrected chi connectivity index (χ3v) is 4.12. The maximum Gasteiger partial charge on any atom is 0.267 e. The molecule has 3 aromatic rings. The summed E-state index contributed by atoms with van der Waals surface area (Å²) in [6.45, 7) is 0. The number of nitrogens with one attached hydrogen (secondary N) is 1. The van der Waals surface area contributed by atoms with E-state index in [0.29, 0.717) is 21.3 Å². The predicted octanol–water partition coefficient (Wildman–Crippen LogP) is 3.18. The number of hydrogen-bond donors (Lipinski definition) is 2. The number of carbonyl (C=O) groups is 1. The van der Waals surface area contributed by atoms with Crippen LogP contribution >= 0.6 is 22.9 Å². The zero-order valence-corrected chi connectivity index (χ0v) is 11.7. The molecular weight excluding hydrogens is 296 g/mol. The van der Waals surface area contributed by atoms with Crippen LogP contribution in [0.25, 0.3) is 10.1 Å². The van der Waals surface area contributed by atoms with E-state index in [1.54, 1.807) is 12.1 Å². The summed E-state index contributed by atoms with van der Waals surface area (Å²) in [5.74, 6) is -0.283. The zero-order chi connectivity index (χ0) is 14.1. The van der Waals surface area contributed by atoms with Gasteiger partial charge in [0.25, 0.3) is 5.91 Å². The van der Waals surface area contributed by atoms with Crippen molar-refractivity contribution < 1.29 is 4.79 Å². The van der Waals surface area contributed by atoms with Crippen LogP contribution in [0, 0.1) is 0 Å². The smallest absolute Gasteiger partial charge is 0.267 e. The summed E-state index contributed by atoms with van der Waals surface area (Å²) >= 11 is 7.24. The SMILES string of the molecule is Nc1c(C(=O)Nc2cncnc2)sc2cc(Cl)ccc12. The van der Waals surface area contributed by atoms with Gasteiger partial charge in [-0.1, -0.05) is 11.6 Å². The lowest BCUT2D eigenvalue weighted by Gasteiger charge is -2.02. The fraction of sp³-hybridized carbons (Fsp3) is 0. The summed E-state index contributed by atoms with van der Waals surface area (Å²) in [5, 5.41) is 4.15. The molecule has 0 radical (unpaired) electrons. The zero-order valence-electron chi connectivity index (χ0n) is 10.1. The van der Waals surface area contributed by atoms with Gasteiger partial charge in [-0.25, -0.2) is 9.97 Å². The Morgan fingerprint density at radius 1 is 1.30 bits per heavy atom. The minimum atomic E-state index is -0.283. The highest BCUT2D eigenvalue weighted by Gasteiger charge is 2.16. The molecule has 2 heterocycles. The number of nitrogens with two attached hydrogens (primary N) is 1. The van der Waals surface area contributed by atoms with Gasteiger partial charge < -0.3 is 11.1 Å². The molecule has 0 atom stereocenters. The van der Waals surface area contributed by atoms with E-state index < -0.39 is 0 Å². The number of benzene rings is 1. The number of fused-ring (bicyclic) bond motifs is 1. The molecule has 0 saturated heterocycles. The molecule has 0 spiro atoms. The van der Waals surface area contributed by atoms with Crippen molar-refractivity contribution in [2.75, 3.05) is 11.1 Å². The molecule has 5 nitrogen and oxygen atoms in total. The van der Waals surface area contributed by atoms with Crippen LogP contribution in [0.1, 0.15) is 9.67 Å². The lowest BCUT2D eigenvalue weighted by Crippen LogP contribution is -2.12. The summed E-state index contributed by atoms with van der Waals surface area (Å²) in [6, 6.07) is 5.35. The van der Waals surface area contributed by atoms with Crippen LogP contribution in [-0.4, -0.2) is 15.9 Å². The molecule has 0 aliphatic carbocycles. The average Bonchev–Trinajstić information content (AvgIpc) is 2.76. The highest BCUT2D eigenvalue weighted by Crippen LogP contribution is 2.35. The van der Waals surface area contributed by atoms with Gasteiger partial charge in [-0.2, -0.15) is 0 Å². The molecule has 3 rings (SSSR count). The largest absolute Gasteiger partial charge is 0.397 e. The molecule has 100 valence electrons. The normalized spacial score (nSPS) is 10.7. The van der Waals surface area contributed by atoms with Crippen LogP contribution in [0.4, 0.5) is 11.4 Å². The van der Waals surface area contributed by atoms with E-state index in [2.05, 4.69) is 15.3 Å². The van der Waals surface area contributed by atoms with E-state index in [0.717, 1.165) is 10.1 Å². The second-order valence-corrected chi connectivity index (χ2v) is 5.56. The molecule has 7 heteroatoms. The van der Waals surface area contributed by atoms with E-state index in [-0.39, 0.29) is 5.91 Å². The lowest BCUT2D eigenvalue weighted by molar-refractivity contribution is 0.103. The maximum absolute atomic E-state index is 12.2. The van der Waals surface area contributed by atoms with Gasteiger partial charge >= 0.3 is 0 Å². The summed E-state index contributed by atoms with van der Waals surface area (Å²) in [5.41, 5.74) is 6.99. The van der Waals surface area contributed by atoms with Gasteiger partial charge in [0.2, 0.25) is 0 Å². The van der Waals surface area contributed by atoms with E-state index >= 15 is 0 Å². The van der Waals surface area contributed by atoms with Crippen molar-refractivity contribution in [3.05, 3.63) is 46.8 Å². The number of aromatic nitrogens is 2. The summed E-state index contributed by atoms with van der Waals surface area (Å²) in [6.07, 6.45) is 4.43. The van der Waals surface area contributed by atoms with Gasteiger partial charge in [-0.3, -0.25) is 4.79 Å². The number of amides is 1. The van der Waals surface area contributed by atoms with Gasteiger partial charge in [0.05, 0.1) is 23.8 Å². The van der Waals surface area contributed by atoms with Gasteiger partial charge in [0.15, 0.2) is 0 Å². The van der Waals surface area contributed by atoms with Crippen LogP contribution < -0.4 is 11.1 Å². The van der Waals surface area contributed by atoms with Crippen LogP contribution in [0.15, 0.2) is 36.9 Å². The Kier molecular flexibility index (Phi) is 3.25. The number of anilines is 2. The molecule has 0 unspecified atom stereocenters. The van der Waals surface area contributed by atoms with Gasteiger partial charge in [0, 0.05) is 15.1 Å². The number of halogens is 1. The fourth-order valence-electron chi connectivity index (χ4n) is 1.81. The third-order valence-electron chi connectivity index (χ3n) is 2.72. The van der Waals surface area contributed by atoms with E-state index in [9.17, 15) is 4.79 Å². The topological polar surface area (TPSA) is 80.9 Å². The summed E-state index contributed by atoms with van der Waals surface area (Å²) in [4.78, 5) is 20.3. The van der Waals surface area contributed by atoms with Crippen molar-refractivity contribution in [2.24, 2.45) is 0 Å². The molecule has 0 fully saturated rings. The highest BCUT2D eigenvalue weighted by molar-refractivity contribution is 7.21. The number of hydrogen-bond acceptors (Lipinski definition) is 5. The number of carbonyl (C=O) groups excluding carboxylic acids is 1. The molecule has 0 bridgehead atoms. The molecule has 1 amide bonds. The van der Waals surface area contributed by atoms with E-state index in [1.807, 2.05) is 6.07 Å². The monoisotopic (exact) mass is 304 g/mol. The Balaban J connectivity index is 1.97. The Hall–Kier alpha value is -2.18. The highest BCUT2D eigenvalue weighted by atomic mass is 35.5. The Morgan fingerprint density at radius 2 is 2.05 bits per heavy atom. The number of nitrogens with zero attached hydrogens (tertiary/aromatic N) is 2. The van der Waals surface area contributed by atoms with E-state index in [4.69, 9.17) is 17.3 Å². The van der Waals surface area contributed by atoms with Gasteiger partial charge in [-0.15, -0.1) is 11.3 Å². The number of thiophene rings is 1. The van der Waals surface area contributed by atoms with Crippen LogP contribution in [0.3, 0.4) is 0 Å². The van der Waals surface area contributed by atoms with Gasteiger partial charge in [-0.05, 0) is 18.2 Å². The number of rotatable bonds is 2. The first kappa shape index (κ1) is 12.8. The summed E-state index contributed by atoms with van der Waals surface area (Å²) in [7, 11) is 0. The molecule has 20 heavy (non-hydrogen) atoms. The first-order valence-electron chi connectivity index (χ1n) is 5.69. The van der Waals surface area contributed by atoms with Crippen molar-refractivity contribution in [2.45, 2.75) is 0 Å². The number of nitrogen functional groups attached to an aromatic ring is 1. The first-order valence-corrected chi connectivity index (χ1v) is 6.88. The molecule has 0 saturated carbocycles. The molecule has 3 N–H and O–H groups in total. The molecule has 0 aliphatic rings. The van der Waals surface area contributed by atoms with Crippen molar-refractivity contribution in [3.8, 4) is 0 Å². The quantitative estimate of drug-likeness (QED) is 0.762. The second kappa shape index (κ2) is 5.07. The summed E-state index contributed by atoms with van der Waals surface area (Å²) < 4.78 is 0.879. The maximum atomic E-state index is 12.2. The third kappa shape index (κ3) is 2.31. The lowest BCUT2D eigenvalue weighted by atomic mass is 10.2. The van der Waals surface area contributed by atoms with Crippen molar-refractivity contribution >= 4 is 50.3 Å². The Bertz CT molecular complexity index is 788. The molecule has 0 aliphatic heterocycles. The predicted molar refractivity (Wildman–Crippen MR) is 81.2 cm³/mol. The molecular formula is C13H9ClN4OS. The first-order chi connectivity index (χ1) is 9.65. The van der Waals surface area contributed by atoms with Crippen molar-refractivity contribution in [1.82, 2.24) is 9.97 Å². The molecule has 1 aromatic carbocycles. The Labute approximate surface area is 123 Å². The Morgan fingerprint density at radius 3 is 2.80 bits per heavy atom. The van der Waals surface area contributed by atoms with Gasteiger partial charge in [0.1, 0.15) is 11.2 Å². The molecule has 2 aromatic heterocycles. The minimum absolute atomic E-state index is 0.283. The van der Waals surface area contributed by atoms with E-state index in [1.165, 1.54) is 30.1 Å². The standard InChI is InChI=1S/C13H9ClN4OS/c14-7-1-2-9-10(3-7)20-12(11(9)15)13(19)18-8-4-16-6-17-5-8/h1-6H,15H2,(H,18,19). The fourth-order valence-corrected chi connectivity index (χ4v) is 3.10. The van der Waals surface area contributed by atoms with Crippen molar-refractivity contribution in [3.63, 3.8) is 0 Å². The van der Waals surface area contributed by atoms with Crippen LogP contribution in [0.5, 0.6) is 0 Å². The minimum Gasteiger partial charge on any atom is -0.397 e. The van der Waals surface area contributed by atoms with Crippen LogP contribution in [0.2, 0.25) is 5.02 Å². The average molecular weight is 305 g/mol.